The van der Waals surface area contributed by atoms with E-state index in [-0.39, 0.29) is 5.25 Å². The summed E-state index contributed by atoms with van der Waals surface area (Å²) < 4.78 is 73.1. The Morgan fingerprint density at radius 1 is 1.19 bits per heavy atom. The third-order valence-electron chi connectivity index (χ3n) is 4.52. The molecule has 0 spiro atoms. The standard InChI is InChI=1S/C16H16F5OPS3/c1-7(2)8-4-5-16(3,9(24)6-8)22-23(25)26-15-13(20)11(18)10(17)12(19)14(15)21/h8-9H,1,4-6H2,2-3H3/p+1/t8-,9+,16+/m1/s1. The van der Waals surface area contributed by atoms with Gasteiger partial charge in [-0.2, -0.15) is 17.2 Å². The molecule has 1 nitrogen and oxygen atoms in total. The molecule has 0 bridgehead atoms. The zero-order valence-electron chi connectivity index (χ0n) is 14.0. The lowest BCUT2D eigenvalue weighted by atomic mass is 9.77. The van der Waals surface area contributed by atoms with Crippen molar-refractivity contribution in [3.63, 3.8) is 0 Å². The summed E-state index contributed by atoms with van der Waals surface area (Å²) in [5, 5.41) is -0.192. The number of hydrogen-bond acceptors (Lipinski definition) is 4. The molecule has 10 heteroatoms. The summed E-state index contributed by atoms with van der Waals surface area (Å²) >= 11 is 10.0. The number of halogens is 5. The van der Waals surface area contributed by atoms with E-state index in [2.05, 4.69) is 19.2 Å². The maximum Gasteiger partial charge on any atom is 0.420 e. The highest BCUT2D eigenvalue weighted by atomic mass is 32.9. The zero-order chi connectivity index (χ0) is 19.8. The molecule has 0 aliphatic heterocycles. The van der Waals surface area contributed by atoms with Crippen molar-refractivity contribution in [2.75, 3.05) is 0 Å². The van der Waals surface area contributed by atoms with E-state index in [0.717, 1.165) is 12.0 Å². The maximum atomic E-state index is 13.8. The van der Waals surface area contributed by atoms with Gasteiger partial charge < -0.3 is 0 Å². The van der Waals surface area contributed by atoms with Gasteiger partial charge in [-0.15, -0.1) is 0 Å². The maximum absolute atomic E-state index is 13.8. The molecule has 144 valence electrons. The van der Waals surface area contributed by atoms with Crippen molar-refractivity contribution < 1.29 is 26.5 Å². The smallest absolute Gasteiger partial charge is 0.202 e. The highest BCUT2D eigenvalue weighted by Crippen LogP contribution is 2.53. The Kier molecular flexibility index (Phi) is 7.16. The second kappa shape index (κ2) is 8.43. The summed E-state index contributed by atoms with van der Waals surface area (Å²) in [4.78, 5) is -1.02. The normalized spacial score (nSPS) is 26.7. The highest BCUT2D eigenvalue weighted by Gasteiger charge is 2.45. The van der Waals surface area contributed by atoms with E-state index in [1.807, 2.05) is 6.92 Å². The molecule has 1 aliphatic rings. The lowest BCUT2D eigenvalue weighted by Crippen LogP contribution is -2.42. The minimum absolute atomic E-state index is 0.192. The van der Waals surface area contributed by atoms with Gasteiger partial charge in [-0.1, -0.05) is 12.2 Å². The molecule has 1 fully saturated rings. The monoisotopic (exact) mass is 447 g/mol. The Bertz CT molecular complexity index is 731. The molecule has 0 radical (unpaired) electrons. The molecule has 0 amide bonds. The van der Waals surface area contributed by atoms with Crippen LogP contribution in [-0.2, 0) is 16.3 Å². The number of hydrogen-bond donors (Lipinski definition) is 1. The summed E-state index contributed by atoms with van der Waals surface area (Å²) in [6.45, 7) is 7.67. The first-order valence-electron chi connectivity index (χ1n) is 7.67. The predicted molar refractivity (Wildman–Crippen MR) is 101 cm³/mol. The second-order valence-electron chi connectivity index (χ2n) is 6.45. The highest BCUT2D eigenvalue weighted by molar-refractivity contribution is 8.62. The summed E-state index contributed by atoms with van der Waals surface area (Å²) in [5.74, 6) is -9.68. The molecule has 1 saturated carbocycles. The van der Waals surface area contributed by atoms with Gasteiger partial charge in [0.25, 0.3) is 0 Å². The molecular weight excluding hydrogens is 430 g/mol. The van der Waals surface area contributed by atoms with E-state index in [9.17, 15) is 22.0 Å². The van der Waals surface area contributed by atoms with Gasteiger partial charge in [-0.05, 0) is 39.0 Å². The first kappa shape index (κ1) is 22.1. The van der Waals surface area contributed by atoms with Crippen LogP contribution in [-0.4, -0.2) is 10.9 Å². The zero-order valence-corrected chi connectivity index (χ0v) is 17.4. The van der Waals surface area contributed by atoms with Crippen molar-refractivity contribution >= 4 is 41.9 Å². The Morgan fingerprint density at radius 2 is 1.69 bits per heavy atom. The molecule has 1 aromatic carbocycles. The van der Waals surface area contributed by atoms with Crippen LogP contribution >= 0.6 is 30.1 Å². The Hall–Kier alpha value is -0.210. The summed E-state index contributed by atoms with van der Waals surface area (Å²) in [5.41, 5.74) is 0.294. The quantitative estimate of drug-likeness (QED) is 0.134. The Morgan fingerprint density at radius 3 is 2.15 bits per heavy atom. The van der Waals surface area contributed by atoms with Crippen LogP contribution in [0.2, 0.25) is 0 Å². The summed E-state index contributed by atoms with van der Waals surface area (Å²) in [6.07, 6.45) is 0.154. The molecule has 1 aliphatic carbocycles. The van der Waals surface area contributed by atoms with Crippen molar-refractivity contribution in [1.29, 1.82) is 0 Å². The lowest BCUT2D eigenvalue weighted by Gasteiger charge is -2.38. The topological polar surface area (TPSA) is 9.23 Å². The van der Waals surface area contributed by atoms with Crippen molar-refractivity contribution in [3.05, 3.63) is 41.2 Å². The van der Waals surface area contributed by atoms with Gasteiger partial charge >= 0.3 is 6.13 Å². The van der Waals surface area contributed by atoms with Crippen LogP contribution in [0.5, 0.6) is 0 Å². The van der Waals surface area contributed by atoms with E-state index >= 15 is 0 Å². The van der Waals surface area contributed by atoms with Gasteiger partial charge in [0.2, 0.25) is 17.6 Å². The molecule has 26 heavy (non-hydrogen) atoms. The van der Waals surface area contributed by atoms with Crippen molar-refractivity contribution in [1.82, 2.24) is 0 Å². The van der Waals surface area contributed by atoms with E-state index in [4.69, 9.17) is 16.3 Å². The fraction of sp³-hybridized carbons (Fsp3) is 0.500. The van der Waals surface area contributed by atoms with Gasteiger partial charge in [-0.3, -0.25) is 0 Å². The molecule has 1 aromatic rings. The van der Waals surface area contributed by atoms with Gasteiger partial charge in [0, 0.05) is 5.25 Å². The average Bonchev–Trinajstić information content (AvgIpc) is 2.57. The molecule has 0 aromatic heterocycles. The minimum atomic E-state index is -2.19. The fourth-order valence-electron chi connectivity index (χ4n) is 2.75. The van der Waals surface area contributed by atoms with Crippen LogP contribution in [0.1, 0.15) is 33.1 Å². The molecular formula is C16H17F5OPS3+. The van der Waals surface area contributed by atoms with E-state index in [1.54, 1.807) is 6.92 Å². The third-order valence-corrected chi connectivity index (χ3v) is 8.64. The SMILES string of the molecule is C=C(C)[C@@H]1CC[C@](C)(O[P+](=S)Sc2c(F)c(F)c(F)c(F)c2F)[C@@H](S)C1. The molecule has 2 rings (SSSR count). The number of allylic oxidation sites excluding steroid dienone is 1. The second-order valence-corrected chi connectivity index (χ2v) is 11.5. The Labute approximate surface area is 164 Å². The molecule has 0 saturated heterocycles. The predicted octanol–water partition coefficient (Wildman–Crippen LogP) is 6.70. The number of thiol groups is 1. The molecule has 1 unspecified atom stereocenters. The van der Waals surface area contributed by atoms with Gasteiger partial charge in [0.1, 0.15) is 10.5 Å². The van der Waals surface area contributed by atoms with Crippen LogP contribution in [0.25, 0.3) is 0 Å². The minimum Gasteiger partial charge on any atom is -0.202 e. The van der Waals surface area contributed by atoms with Crippen LogP contribution in [0, 0.1) is 35.0 Å². The fourth-order valence-corrected chi connectivity index (χ4v) is 7.08. The Balaban J connectivity index is 2.16. The van der Waals surface area contributed by atoms with Crippen molar-refractivity contribution in [2.45, 2.75) is 48.9 Å². The van der Waals surface area contributed by atoms with Crippen LogP contribution in [0.15, 0.2) is 17.0 Å². The number of benzene rings is 1. The number of rotatable bonds is 5. The van der Waals surface area contributed by atoms with E-state index in [0.29, 0.717) is 30.1 Å². The summed E-state index contributed by atoms with van der Waals surface area (Å²) in [6, 6.07) is 0. The largest absolute Gasteiger partial charge is 0.420 e. The van der Waals surface area contributed by atoms with Crippen LogP contribution < -0.4 is 0 Å². The van der Waals surface area contributed by atoms with Crippen LogP contribution in [0.4, 0.5) is 22.0 Å². The first-order chi connectivity index (χ1) is 12.0. The van der Waals surface area contributed by atoms with E-state index in [1.165, 1.54) is 0 Å². The van der Waals surface area contributed by atoms with Crippen molar-refractivity contribution in [3.8, 4) is 0 Å². The molecule has 0 N–H and O–H groups in total. The van der Waals surface area contributed by atoms with E-state index < -0.39 is 45.7 Å². The van der Waals surface area contributed by atoms with Gasteiger partial charge in [0.15, 0.2) is 34.7 Å². The molecule has 4 atom stereocenters. The van der Waals surface area contributed by atoms with Crippen molar-refractivity contribution in [2.24, 2.45) is 5.92 Å². The van der Waals surface area contributed by atoms with Gasteiger partial charge in [-0.25, -0.2) is 22.0 Å². The average molecular weight is 447 g/mol. The first-order valence-corrected chi connectivity index (χ1v) is 11.9. The third kappa shape index (κ3) is 4.43. The lowest BCUT2D eigenvalue weighted by molar-refractivity contribution is 0.0639. The molecule has 0 heterocycles. The van der Waals surface area contributed by atoms with Crippen LogP contribution in [0.3, 0.4) is 0 Å². The van der Waals surface area contributed by atoms with Gasteiger partial charge in [0.05, 0.1) is 0 Å². The summed E-state index contributed by atoms with van der Waals surface area (Å²) in [7, 11) is 0.